The van der Waals surface area contributed by atoms with Crippen LogP contribution in [0.1, 0.15) is 23.0 Å². The molecule has 0 spiro atoms. The first kappa shape index (κ1) is 17.4. The summed E-state index contributed by atoms with van der Waals surface area (Å²) in [6, 6.07) is 10.3. The van der Waals surface area contributed by atoms with Crippen LogP contribution in [0.3, 0.4) is 0 Å². The van der Waals surface area contributed by atoms with Crippen molar-refractivity contribution in [1.29, 1.82) is 0 Å². The molecule has 6 nitrogen and oxygen atoms in total. The molecule has 0 saturated heterocycles. The molecule has 0 saturated carbocycles. The summed E-state index contributed by atoms with van der Waals surface area (Å²) in [5.74, 6) is 0.313. The van der Waals surface area contributed by atoms with Gasteiger partial charge in [0.05, 0.1) is 12.2 Å². The number of esters is 1. The number of nitrogens with two attached hydrogens (primary N) is 1. The summed E-state index contributed by atoms with van der Waals surface area (Å²) >= 11 is 4.57. The normalized spacial score (nSPS) is 10.5. The maximum Gasteiger partial charge on any atom is 0.338 e. The first-order valence-corrected chi connectivity index (χ1v) is 7.56. The van der Waals surface area contributed by atoms with Crippen molar-refractivity contribution >= 4 is 35.3 Å². The summed E-state index contributed by atoms with van der Waals surface area (Å²) in [6.07, 6.45) is 2.77. The maximum atomic E-state index is 11.6. The van der Waals surface area contributed by atoms with Crippen molar-refractivity contribution in [3.63, 3.8) is 0 Å². The van der Waals surface area contributed by atoms with Gasteiger partial charge in [0.2, 0.25) is 5.91 Å². The molecule has 2 aromatic rings. The number of hydrogen-bond acceptors (Lipinski definition) is 5. The fourth-order valence-electron chi connectivity index (χ4n) is 1.90. The van der Waals surface area contributed by atoms with Crippen LogP contribution in [0.25, 0.3) is 17.4 Å². The van der Waals surface area contributed by atoms with E-state index in [0.717, 1.165) is 5.56 Å². The van der Waals surface area contributed by atoms with Crippen LogP contribution in [0, 0.1) is 0 Å². The van der Waals surface area contributed by atoms with Gasteiger partial charge in [-0.25, -0.2) is 4.79 Å². The Balaban J connectivity index is 2.07. The molecular formula is C17H16N2O4S. The zero-order valence-electron chi connectivity index (χ0n) is 12.9. The Morgan fingerprint density at radius 1 is 1.25 bits per heavy atom. The van der Waals surface area contributed by atoms with Crippen molar-refractivity contribution in [2.45, 2.75) is 6.92 Å². The highest BCUT2D eigenvalue weighted by atomic mass is 32.1. The minimum Gasteiger partial charge on any atom is -0.462 e. The second-order valence-electron chi connectivity index (χ2n) is 4.69. The van der Waals surface area contributed by atoms with Gasteiger partial charge in [0, 0.05) is 11.6 Å². The molecule has 0 aliphatic rings. The van der Waals surface area contributed by atoms with E-state index in [2.05, 4.69) is 17.5 Å². The molecule has 0 fully saturated rings. The molecule has 0 aliphatic carbocycles. The van der Waals surface area contributed by atoms with E-state index >= 15 is 0 Å². The number of thiocarbonyl (C=S) groups is 1. The second-order valence-corrected chi connectivity index (χ2v) is 5.13. The van der Waals surface area contributed by atoms with Gasteiger partial charge in [-0.15, -0.1) is 0 Å². The van der Waals surface area contributed by atoms with Crippen LogP contribution in [0.4, 0.5) is 0 Å². The molecular weight excluding hydrogens is 328 g/mol. The van der Waals surface area contributed by atoms with Crippen LogP contribution in [-0.4, -0.2) is 23.6 Å². The lowest BCUT2D eigenvalue weighted by Gasteiger charge is -2.02. The zero-order chi connectivity index (χ0) is 17.5. The fourth-order valence-corrected chi connectivity index (χ4v) is 2.00. The number of amides is 1. The lowest BCUT2D eigenvalue weighted by atomic mass is 10.1. The molecule has 0 unspecified atom stereocenters. The molecule has 124 valence electrons. The predicted octanol–water partition coefficient (Wildman–Crippen LogP) is 2.50. The first-order chi connectivity index (χ1) is 11.5. The largest absolute Gasteiger partial charge is 0.462 e. The highest BCUT2D eigenvalue weighted by molar-refractivity contribution is 7.80. The number of carbonyl (C=O) groups is 2. The van der Waals surface area contributed by atoms with Crippen LogP contribution >= 0.6 is 12.2 Å². The van der Waals surface area contributed by atoms with E-state index in [4.69, 9.17) is 14.9 Å². The summed E-state index contributed by atoms with van der Waals surface area (Å²) in [7, 11) is 0. The Labute approximate surface area is 144 Å². The van der Waals surface area contributed by atoms with Gasteiger partial charge in [-0.3, -0.25) is 10.1 Å². The molecule has 1 amide bonds. The van der Waals surface area contributed by atoms with Crippen LogP contribution in [0.2, 0.25) is 0 Å². The average molecular weight is 344 g/mol. The van der Waals surface area contributed by atoms with Crippen molar-refractivity contribution in [1.82, 2.24) is 5.32 Å². The average Bonchev–Trinajstić information content (AvgIpc) is 3.02. The van der Waals surface area contributed by atoms with Crippen molar-refractivity contribution < 1.29 is 18.7 Å². The summed E-state index contributed by atoms with van der Waals surface area (Å²) in [6.45, 7) is 2.09. The lowest BCUT2D eigenvalue weighted by molar-refractivity contribution is -0.115. The molecule has 0 radical (unpaired) electrons. The molecule has 0 aliphatic heterocycles. The van der Waals surface area contributed by atoms with Crippen molar-refractivity contribution in [3.8, 4) is 11.3 Å². The quantitative estimate of drug-likeness (QED) is 0.492. The van der Waals surface area contributed by atoms with E-state index in [1.807, 2.05) is 0 Å². The minimum atomic E-state index is -0.431. The third-order valence-electron chi connectivity index (χ3n) is 2.95. The Morgan fingerprint density at radius 2 is 1.96 bits per heavy atom. The summed E-state index contributed by atoms with van der Waals surface area (Å²) in [4.78, 5) is 23.0. The number of carbonyl (C=O) groups excluding carboxylic acids is 2. The van der Waals surface area contributed by atoms with E-state index in [1.54, 1.807) is 43.3 Å². The zero-order valence-corrected chi connectivity index (χ0v) is 13.8. The van der Waals surface area contributed by atoms with Gasteiger partial charge in [0.25, 0.3) is 0 Å². The molecule has 0 atom stereocenters. The van der Waals surface area contributed by atoms with Gasteiger partial charge in [0.15, 0.2) is 5.11 Å². The SMILES string of the molecule is CCOC(=O)c1ccc(-c2ccc(/C=C/C(=O)NC(N)=S)o2)cc1. The monoisotopic (exact) mass is 344 g/mol. The number of furan rings is 1. The number of benzene rings is 1. The molecule has 3 N–H and O–H groups in total. The molecule has 1 heterocycles. The molecule has 1 aromatic heterocycles. The number of nitrogens with one attached hydrogen (secondary N) is 1. The molecule has 2 rings (SSSR count). The molecule has 7 heteroatoms. The van der Waals surface area contributed by atoms with Crippen molar-refractivity contribution in [3.05, 3.63) is 53.8 Å². The van der Waals surface area contributed by atoms with Crippen LogP contribution in [0.15, 0.2) is 46.9 Å². The standard InChI is InChI=1S/C17H16N2O4S/c1-2-22-16(21)12-5-3-11(4-6-12)14-9-7-13(23-14)8-10-15(20)19-17(18)24/h3-10H,2H2,1H3,(H3,18,19,20,24)/b10-8+. The van der Waals surface area contributed by atoms with E-state index in [-0.39, 0.29) is 11.1 Å². The number of hydrogen-bond donors (Lipinski definition) is 2. The highest BCUT2D eigenvalue weighted by Crippen LogP contribution is 2.23. The van der Waals surface area contributed by atoms with Crippen molar-refractivity contribution in [2.75, 3.05) is 6.61 Å². The number of rotatable bonds is 5. The Hall–Kier alpha value is -2.93. The van der Waals surface area contributed by atoms with E-state index in [9.17, 15) is 9.59 Å². The number of ether oxygens (including phenoxy) is 1. The lowest BCUT2D eigenvalue weighted by Crippen LogP contribution is -2.33. The topological polar surface area (TPSA) is 94.6 Å². The van der Waals surface area contributed by atoms with Crippen molar-refractivity contribution in [2.24, 2.45) is 5.73 Å². The Kier molecular flexibility index (Phi) is 5.86. The second kappa shape index (κ2) is 8.07. The smallest absolute Gasteiger partial charge is 0.338 e. The van der Waals surface area contributed by atoms with Gasteiger partial charge >= 0.3 is 5.97 Å². The first-order valence-electron chi connectivity index (χ1n) is 7.15. The van der Waals surface area contributed by atoms with Gasteiger partial charge in [-0.05, 0) is 49.5 Å². The summed E-state index contributed by atoms with van der Waals surface area (Å²) in [5.41, 5.74) is 6.48. The minimum absolute atomic E-state index is 0.0912. The third kappa shape index (κ3) is 4.79. The van der Waals surface area contributed by atoms with Crippen LogP contribution in [-0.2, 0) is 9.53 Å². The van der Waals surface area contributed by atoms with Crippen LogP contribution < -0.4 is 11.1 Å². The summed E-state index contributed by atoms with van der Waals surface area (Å²) < 4.78 is 10.6. The predicted molar refractivity (Wildman–Crippen MR) is 94.1 cm³/mol. The molecule has 24 heavy (non-hydrogen) atoms. The highest BCUT2D eigenvalue weighted by Gasteiger charge is 2.08. The van der Waals surface area contributed by atoms with E-state index < -0.39 is 5.91 Å². The maximum absolute atomic E-state index is 11.6. The fraction of sp³-hybridized carbons (Fsp3) is 0.118. The Bertz CT molecular complexity index is 778. The van der Waals surface area contributed by atoms with Crippen LogP contribution in [0.5, 0.6) is 0 Å². The molecule has 1 aromatic carbocycles. The van der Waals surface area contributed by atoms with E-state index in [0.29, 0.717) is 23.7 Å². The molecule has 0 bridgehead atoms. The van der Waals surface area contributed by atoms with Gasteiger partial charge in [-0.1, -0.05) is 12.1 Å². The van der Waals surface area contributed by atoms with Gasteiger partial charge in [0.1, 0.15) is 11.5 Å². The Morgan fingerprint density at radius 3 is 2.58 bits per heavy atom. The summed E-state index contributed by atoms with van der Waals surface area (Å²) in [5, 5.41) is 2.19. The third-order valence-corrected chi connectivity index (χ3v) is 3.05. The van der Waals surface area contributed by atoms with E-state index in [1.165, 1.54) is 12.2 Å². The van der Waals surface area contributed by atoms with Gasteiger partial charge < -0.3 is 14.9 Å². The van der Waals surface area contributed by atoms with Gasteiger partial charge in [-0.2, -0.15) is 0 Å².